The van der Waals surface area contributed by atoms with Gasteiger partial charge in [0.1, 0.15) is 11.0 Å². The van der Waals surface area contributed by atoms with Gasteiger partial charge in [-0.25, -0.2) is 10.8 Å². The number of nitrogens with two attached hydrogens (primary N) is 1. The highest BCUT2D eigenvalue weighted by Crippen LogP contribution is 2.19. The lowest BCUT2D eigenvalue weighted by atomic mass is 10.0. The van der Waals surface area contributed by atoms with E-state index in [4.69, 9.17) is 17.4 Å². The zero-order valence-corrected chi connectivity index (χ0v) is 13.4. The second kappa shape index (κ2) is 6.17. The Balaban J connectivity index is 2.07. The summed E-state index contributed by atoms with van der Waals surface area (Å²) in [5.41, 5.74) is 3.06. The number of nitrogens with zero attached hydrogens (tertiary/aromatic N) is 3. The second-order valence-corrected chi connectivity index (χ2v) is 6.55. The first kappa shape index (κ1) is 16.0. The Morgan fingerprint density at radius 2 is 1.90 bits per heavy atom. The van der Waals surface area contributed by atoms with Gasteiger partial charge in [0.25, 0.3) is 5.91 Å². The molecule has 7 heteroatoms. The number of hydrazine groups is 1. The Morgan fingerprint density at radius 3 is 2.43 bits per heavy atom. The molecule has 6 nitrogen and oxygen atoms in total. The van der Waals surface area contributed by atoms with Gasteiger partial charge in [0.15, 0.2) is 0 Å². The zero-order chi connectivity index (χ0) is 15.6. The molecule has 0 unspecified atom stereocenters. The number of amides is 1. The minimum absolute atomic E-state index is 0.0376. The van der Waals surface area contributed by atoms with Crippen molar-refractivity contribution >= 4 is 23.3 Å². The van der Waals surface area contributed by atoms with E-state index in [1.165, 1.54) is 0 Å². The van der Waals surface area contributed by atoms with E-state index in [0.29, 0.717) is 24.5 Å². The van der Waals surface area contributed by atoms with Crippen LogP contribution in [0.2, 0.25) is 5.15 Å². The summed E-state index contributed by atoms with van der Waals surface area (Å²) >= 11 is 5.91. The molecule has 21 heavy (non-hydrogen) atoms. The molecule has 0 aliphatic carbocycles. The molecule has 0 bridgehead atoms. The van der Waals surface area contributed by atoms with Gasteiger partial charge in [0, 0.05) is 37.3 Å². The monoisotopic (exact) mass is 311 g/mol. The van der Waals surface area contributed by atoms with E-state index in [2.05, 4.69) is 36.1 Å². The summed E-state index contributed by atoms with van der Waals surface area (Å²) in [7, 11) is 0. The highest BCUT2D eigenvalue weighted by atomic mass is 35.5. The second-order valence-electron chi connectivity index (χ2n) is 6.16. The largest absolute Gasteiger partial charge is 0.336 e. The van der Waals surface area contributed by atoms with Crippen LogP contribution in [0.25, 0.3) is 0 Å². The summed E-state index contributed by atoms with van der Waals surface area (Å²) in [4.78, 5) is 20.7. The molecule has 3 N–H and O–H groups in total. The summed E-state index contributed by atoms with van der Waals surface area (Å²) < 4.78 is 0. The van der Waals surface area contributed by atoms with Gasteiger partial charge in [-0.15, -0.1) is 0 Å². The molecule has 1 saturated heterocycles. The number of hydrogen-bond donors (Lipinski definition) is 2. The number of piperazine rings is 1. The molecule has 1 aliphatic rings. The Kier molecular flexibility index (Phi) is 4.70. The first-order valence-electron chi connectivity index (χ1n) is 7.00. The quantitative estimate of drug-likeness (QED) is 0.493. The molecule has 116 valence electrons. The predicted octanol–water partition coefficient (Wildman–Crippen LogP) is 1.58. The number of carbonyl (C=O) groups excluding carboxylic acids is 1. The smallest absolute Gasteiger partial charge is 0.254 e. The van der Waals surface area contributed by atoms with Crippen LogP contribution in [0.1, 0.15) is 31.1 Å². The molecule has 1 aromatic heterocycles. The summed E-state index contributed by atoms with van der Waals surface area (Å²) in [5, 5.41) is 0.252. The Morgan fingerprint density at radius 1 is 1.29 bits per heavy atom. The molecule has 0 atom stereocenters. The molecule has 1 fully saturated rings. The number of hydrogen-bond acceptors (Lipinski definition) is 5. The van der Waals surface area contributed by atoms with Gasteiger partial charge in [0.2, 0.25) is 0 Å². The minimum atomic E-state index is -0.0376. The van der Waals surface area contributed by atoms with Gasteiger partial charge < -0.3 is 10.3 Å². The molecule has 0 aromatic carbocycles. The molecule has 0 spiro atoms. The number of halogens is 1. The van der Waals surface area contributed by atoms with E-state index in [1.807, 2.05) is 4.90 Å². The lowest BCUT2D eigenvalue weighted by molar-refractivity contribution is 0.0451. The first-order valence-corrected chi connectivity index (χ1v) is 7.37. The van der Waals surface area contributed by atoms with Crippen molar-refractivity contribution < 1.29 is 4.79 Å². The number of rotatable bonds is 2. The third-order valence-electron chi connectivity index (χ3n) is 3.70. The molecular weight excluding hydrogens is 290 g/mol. The Hall–Kier alpha value is -1.37. The first-order chi connectivity index (χ1) is 9.81. The number of anilines is 1. The Labute approximate surface area is 130 Å². The minimum Gasteiger partial charge on any atom is -0.336 e. The standard InChI is InChI=1S/C14H22ClN5O/c1-14(2,3)20-6-4-19(5-7-20)13(21)10-8-11(15)17-12(9-10)18-16/h8-9H,4-7,16H2,1-3H3,(H,17,18). The summed E-state index contributed by atoms with van der Waals surface area (Å²) in [6, 6.07) is 3.19. The van der Waals surface area contributed by atoms with Gasteiger partial charge in [-0.05, 0) is 32.9 Å². The van der Waals surface area contributed by atoms with Crippen molar-refractivity contribution in [2.75, 3.05) is 31.6 Å². The molecule has 1 amide bonds. The fraction of sp³-hybridized carbons (Fsp3) is 0.571. The average molecular weight is 312 g/mol. The van der Waals surface area contributed by atoms with Crippen molar-refractivity contribution in [3.63, 3.8) is 0 Å². The van der Waals surface area contributed by atoms with Gasteiger partial charge in [0.05, 0.1) is 0 Å². The van der Waals surface area contributed by atoms with Crippen LogP contribution in [0.15, 0.2) is 12.1 Å². The molecule has 2 rings (SSSR count). The number of aromatic nitrogens is 1. The van der Waals surface area contributed by atoms with Crippen LogP contribution in [-0.4, -0.2) is 52.4 Å². The third-order valence-corrected chi connectivity index (χ3v) is 3.90. The Bertz CT molecular complexity index is 521. The van der Waals surface area contributed by atoms with Crippen LogP contribution >= 0.6 is 11.6 Å². The molecular formula is C14H22ClN5O. The van der Waals surface area contributed by atoms with Crippen LogP contribution in [0.4, 0.5) is 5.82 Å². The maximum atomic E-state index is 12.5. The van der Waals surface area contributed by atoms with E-state index < -0.39 is 0 Å². The summed E-state index contributed by atoms with van der Waals surface area (Å²) in [5.74, 6) is 5.68. The van der Waals surface area contributed by atoms with Crippen molar-refractivity contribution in [3.05, 3.63) is 22.8 Å². The van der Waals surface area contributed by atoms with Gasteiger partial charge in [-0.3, -0.25) is 9.69 Å². The topological polar surface area (TPSA) is 74.5 Å². The SMILES string of the molecule is CC(C)(C)N1CCN(C(=O)c2cc(Cl)nc(NN)c2)CC1. The maximum absolute atomic E-state index is 12.5. The van der Waals surface area contributed by atoms with Crippen molar-refractivity contribution in [3.8, 4) is 0 Å². The van der Waals surface area contributed by atoms with Crippen LogP contribution in [0.3, 0.4) is 0 Å². The predicted molar refractivity (Wildman–Crippen MR) is 84.3 cm³/mol. The maximum Gasteiger partial charge on any atom is 0.254 e. The van der Waals surface area contributed by atoms with Crippen molar-refractivity contribution in [1.82, 2.24) is 14.8 Å². The van der Waals surface area contributed by atoms with E-state index in [9.17, 15) is 4.79 Å². The van der Waals surface area contributed by atoms with Crippen LogP contribution < -0.4 is 11.3 Å². The number of carbonyl (C=O) groups is 1. The average Bonchev–Trinajstić information content (AvgIpc) is 2.45. The number of nitrogen functional groups attached to an aromatic ring is 1. The van der Waals surface area contributed by atoms with Crippen molar-refractivity contribution in [2.45, 2.75) is 26.3 Å². The fourth-order valence-corrected chi connectivity index (χ4v) is 2.67. The van der Waals surface area contributed by atoms with Crippen LogP contribution in [0.5, 0.6) is 0 Å². The lowest BCUT2D eigenvalue weighted by Crippen LogP contribution is -2.54. The van der Waals surface area contributed by atoms with E-state index in [-0.39, 0.29) is 16.6 Å². The molecule has 0 saturated carbocycles. The molecule has 1 aromatic rings. The van der Waals surface area contributed by atoms with E-state index >= 15 is 0 Å². The van der Waals surface area contributed by atoms with Crippen molar-refractivity contribution in [2.24, 2.45) is 5.84 Å². The van der Waals surface area contributed by atoms with Gasteiger partial charge >= 0.3 is 0 Å². The van der Waals surface area contributed by atoms with Gasteiger partial charge in [-0.1, -0.05) is 11.6 Å². The normalized spacial score (nSPS) is 16.9. The summed E-state index contributed by atoms with van der Waals surface area (Å²) in [6.07, 6.45) is 0. The third kappa shape index (κ3) is 3.84. The number of nitrogens with one attached hydrogen (secondary N) is 1. The fourth-order valence-electron chi connectivity index (χ4n) is 2.46. The highest BCUT2D eigenvalue weighted by Gasteiger charge is 2.28. The number of pyridine rings is 1. The van der Waals surface area contributed by atoms with E-state index in [1.54, 1.807) is 12.1 Å². The summed E-state index contributed by atoms with van der Waals surface area (Å²) in [6.45, 7) is 9.72. The van der Waals surface area contributed by atoms with Gasteiger partial charge in [-0.2, -0.15) is 0 Å². The van der Waals surface area contributed by atoms with Crippen LogP contribution in [0, 0.1) is 0 Å². The molecule has 1 aliphatic heterocycles. The lowest BCUT2D eigenvalue weighted by Gasteiger charge is -2.42. The molecule has 2 heterocycles. The van der Waals surface area contributed by atoms with Crippen LogP contribution in [-0.2, 0) is 0 Å². The zero-order valence-electron chi connectivity index (χ0n) is 12.7. The highest BCUT2D eigenvalue weighted by molar-refractivity contribution is 6.29. The van der Waals surface area contributed by atoms with E-state index in [0.717, 1.165) is 13.1 Å². The molecule has 0 radical (unpaired) electrons. The van der Waals surface area contributed by atoms with Crippen molar-refractivity contribution in [1.29, 1.82) is 0 Å².